The Morgan fingerprint density at radius 2 is 1.85 bits per heavy atom. The van der Waals surface area contributed by atoms with E-state index in [1.54, 1.807) is 0 Å². The van der Waals surface area contributed by atoms with E-state index >= 15 is 0 Å². The zero-order chi connectivity index (χ0) is 14.1. The smallest absolute Gasteiger partial charge is 0.167 e. The summed E-state index contributed by atoms with van der Waals surface area (Å²) in [6.07, 6.45) is 1.36. The molecule has 0 fully saturated rings. The van der Waals surface area contributed by atoms with E-state index < -0.39 is 0 Å². The summed E-state index contributed by atoms with van der Waals surface area (Å²) in [5.41, 5.74) is 5.43. The van der Waals surface area contributed by atoms with E-state index in [-0.39, 0.29) is 5.78 Å². The number of carbonyl (C=O) groups excluding carboxylic acids is 1. The monoisotopic (exact) mass is 266 g/mol. The predicted molar refractivity (Wildman–Crippen MR) is 79.6 cm³/mol. The molecule has 0 radical (unpaired) electrons. The van der Waals surface area contributed by atoms with Crippen molar-refractivity contribution in [2.45, 2.75) is 26.7 Å². The minimum Gasteiger partial charge on any atom is -0.493 e. The standard InChI is InChI=1S/C18H18O2/c1-12-7-13(2)9-14(8-12)10-17(19)15-3-4-18-16(11-15)5-6-20-18/h3-4,7-9,11H,5-6,10H2,1-2H3. The lowest BCUT2D eigenvalue weighted by molar-refractivity contribution is 0.0993. The van der Waals surface area contributed by atoms with Crippen molar-refractivity contribution < 1.29 is 9.53 Å². The summed E-state index contributed by atoms with van der Waals surface area (Å²) in [5.74, 6) is 1.10. The van der Waals surface area contributed by atoms with Crippen LogP contribution in [0.25, 0.3) is 0 Å². The molecule has 0 unspecified atom stereocenters. The van der Waals surface area contributed by atoms with Gasteiger partial charge in [-0.15, -0.1) is 0 Å². The van der Waals surface area contributed by atoms with Gasteiger partial charge in [0.2, 0.25) is 0 Å². The second-order valence-electron chi connectivity index (χ2n) is 5.52. The normalized spacial score (nSPS) is 12.9. The van der Waals surface area contributed by atoms with Crippen LogP contribution in [0, 0.1) is 13.8 Å². The van der Waals surface area contributed by atoms with Crippen molar-refractivity contribution >= 4 is 5.78 Å². The molecule has 0 aromatic heterocycles. The highest BCUT2D eigenvalue weighted by atomic mass is 16.5. The number of ether oxygens (including phenoxy) is 1. The van der Waals surface area contributed by atoms with Gasteiger partial charge in [0.1, 0.15) is 5.75 Å². The molecule has 0 amide bonds. The van der Waals surface area contributed by atoms with Crippen LogP contribution in [0.3, 0.4) is 0 Å². The first-order valence-electron chi connectivity index (χ1n) is 6.98. The van der Waals surface area contributed by atoms with Crippen LogP contribution in [0.2, 0.25) is 0 Å². The summed E-state index contributed by atoms with van der Waals surface area (Å²) in [5, 5.41) is 0. The van der Waals surface area contributed by atoms with E-state index in [1.165, 1.54) is 11.1 Å². The molecule has 0 atom stereocenters. The van der Waals surface area contributed by atoms with Gasteiger partial charge in [0.05, 0.1) is 6.61 Å². The molecule has 0 bridgehead atoms. The summed E-state index contributed by atoms with van der Waals surface area (Å²) in [6, 6.07) is 12.1. The molecule has 1 aliphatic heterocycles. The molecule has 0 spiro atoms. The van der Waals surface area contributed by atoms with Crippen molar-refractivity contribution in [2.75, 3.05) is 6.61 Å². The van der Waals surface area contributed by atoms with Gasteiger partial charge in [-0.3, -0.25) is 4.79 Å². The number of hydrogen-bond donors (Lipinski definition) is 0. The van der Waals surface area contributed by atoms with Crippen molar-refractivity contribution in [3.05, 3.63) is 64.2 Å². The maximum absolute atomic E-state index is 12.4. The molecule has 102 valence electrons. The lowest BCUT2D eigenvalue weighted by Gasteiger charge is -2.06. The van der Waals surface area contributed by atoms with E-state index in [2.05, 4.69) is 32.0 Å². The van der Waals surface area contributed by atoms with Crippen LogP contribution >= 0.6 is 0 Å². The summed E-state index contributed by atoms with van der Waals surface area (Å²) < 4.78 is 5.47. The molecule has 1 heterocycles. The SMILES string of the molecule is Cc1cc(C)cc(CC(=O)c2ccc3c(c2)CCO3)c1. The minimum atomic E-state index is 0.171. The average Bonchev–Trinajstić information content (AvgIpc) is 2.84. The highest BCUT2D eigenvalue weighted by Crippen LogP contribution is 2.26. The van der Waals surface area contributed by atoms with Crippen LogP contribution in [0.1, 0.15) is 32.6 Å². The summed E-state index contributed by atoms with van der Waals surface area (Å²) in [4.78, 5) is 12.4. The van der Waals surface area contributed by atoms with Crippen LogP contribution in [0.5, 0.6) is 5.75 Å². The van der Waals surface area contributed by atoms with Crippen LogP contribution < -0.4 is 4.74 Å². The molecule has 2 aromatic rings. The predicted octanol–water partition coefficient (Wildman–Crippen LogP) is 3.66. The summed E-state index contributed by atoms with van der Waals surface area (Å²) in [6.45, 7) is 4.85. The van der Waals surface area contributed by atoms with E-state index in [0.717, 1.165) is 35.5 Å². The lowest BCUT2D eigenvalue weighted by Crippen LogP contribution is -2.04. The van der Waals surface area contributed by atoms with E-state index in [1.807, 2.05) is 18.2 Å². The van der Waals surface area contributed by atoms with Gasteiger partial charge in [-0.25, -0.2) is 0 Å². The van der Waals surface area contributed by atoms with Crippen molar-refractivity contribution in [1.82, 2.24) is 0 Å². The van der Waals surface area contributed by atoms with Crippen molar-refractivity contribution in [1.29, 1.82) is 0 Å². The Morgan fingerprint density at radius 3 is 2.60 bits per heavy atom. The van der Waals surface area contributed by atoms with Gasteiger partial charge >= 0.3 is 0 Å². The van der Waals surface area contributed by atoms with Gasteiger partial charge in [0.25, 0.3) is 0 Å². The molecule has 2 nitrogen and oxygen atoms in total. The average molecular weight is 266 g/mol. The largest absolute Gasteiger partial charge is 0.493 e. The molecule has 2 aromatic carbocycles. The molecule has 0 aliphatic carbocycles. The van der Waals surface area contributed by atoms with E-state index in [4.69, 9.17) is 4.74 Å². The summed E-state index contributed by atoms with van der Waals surface area (Å²) >= 11 is 0. The molecule has 0 saturated heterocycles. The number of fused-ring (bicyclic) bond motifs is 1. The topological polar surface area (TPSA) is 26.3 Å². The molecule has 3 rings (SSSR count). The molecule has 0 N–H and O–H groups in total. The molecule has 0 saturated carbocycles. The Labute approximate surface area is 119 Å². The number of ketones is 1. The third kappa shape index (κ3) is 2.60. The first-order chi connectivity index (χ1) is 9.61. The number of Topliss-reactive ketones (excluding diaryl/α,β-unsaturated/α-hetero) is 1. The second kappa shape index (κ2) is 5.12. The Morgan fingerprint density at radius 1 is 1.10 bits per heavy atom. The maximum atomic E-state index is 12.4. The first-order valence-corrected chi connectivity index (χ1v) is 6.98. The fraction of sp³-hybridized carbons (Fsp3) is 0.278. The Bertz CT molecular complexity index is 651. The van der Waals surface area contributed by atoms with Gasteiger partial charge in [-0.1, -0.05) is 29.3 Å². The zero-order valence-corrected chi connectivity index (χ0v) is 11.9. The third-order valence-corrected chi connectivity index (χ3v) is 3.66. The number of aryl methyl sites for hydroxylation is 2. The molecule has 2 heteroatoms. The van der Waals surface area contributed by atoms with Crippen LogP contribution in [-0.2, 0) is 12.8 Å². The second-order valence-corrected chi connectivity index (χ2v) is 5.52. The number of carbonyl (C=O) groups is 1. The van der Waals surface area contributed by atoms with Gasteiger partial charge in [0.15, 0.2) is 5.78 Å². The van der Waals surface area contributed by atoms with Crippen LogP contribution in [0.15, 0.2) is 36.4 Å². The minimum absolute atomic E-state index is 0.171. The quantitative estimate of drug-likeness (QED) is 0.792. The Kier molecular flexibility index (Phi) is 3.31. The number of rotatable bonds is 3. The van der Waals surface area contributed by atoms with Crippen molar-refractivity contribution in [2.24, 2.45) is 0 Å². The van der Waals surface area contributed by atoms with Crippen molar-refractivity contribution in [3.8, 4) is 5.75 Å². The van der Waals surface area contributed by atoms with E-state index in [0.29, 0.717) is 6.42 Å². The highest BCUT2D eigenvalue weighted by molar-refractivity contribution is 5.97. The first kappa shape index (κ1) is 12.9. The maximum Gasteiger partial charge on any atom is 0.167 e. The third-order valence-electron chi connectivity index (χ3n) is 3.66. The molecular formula is C18H18O2. The van der Waals surface area contributed by atoms with Gasteiger partial charge < -0.3 is 4.74 Å². The van der Waals surface area contributed by atoms with Crippen LogP contribution in [0.4, 0.5) is 0 Å². The number of hydrogen-bond acceptors (Lipinski definition) is 2. The highest BCUT2D eigenvalue weighted by Gasteiger charge is 2.15. The van der Waals surface area contributed by atoms with E-state index in [9.17, 15) is 4.79 Å². The van der Waals surface area contributed by atoms with Gasteiger partial charge in [0, 0.05) is 18.4 Å². The Balaban J connectivity index is 1.82. The number of benzene rings is 2. The molecule has 1 aliphatic rings. The lowest BCUT2D eigenvalue weighted by atomic mass is 9.98. The zero-order valence-electron chi connectivity index (χ0n) is 11.9. The molecular weight excluding hydrogens is 248 g/mol. The van der Waals surface area contributed by atoms with Gasteiger partial charge in [-0.2, -0.15) is 0 Å². The van der Waals surface area contributed by atoms with Gasteiger partial charge in [-0.05, 0) is 43.2 Å². The fourth-order valence-corrected chi connectivity index (χ4v) is 2.82. The summed E-state index contributed by atoms with van der Waals surface area (Å²) in [7, 11) is 0. The Hall–Kier alpha value is -2.09. The van der Waals surface area contributed by atoms with Crippen LogP contribution in [-0.4, -0.2) is 12.4 Å². The molecule has 20 heavy (non-hydrogen) atoms. The van der Waals surface area contributed by atoms with Crippen molar-refractivity contribution in [3.63, 3.8) is 0 Å². The fourth-order valence-electron chi connectivity index (χ4n) is 2.82.